The van der Waals surface area contributed by atoms with Gasteiger partial charge < -0.3 is 10.2 Å². The molecule has 7 nitrogen and oxygen atoms in total. The Hall–Kier alpha value is -3.07. The molecule has 3 aromatic carbocycles. The van der Waals surface area contributed by atoms with Crippen molar-refractivity contribution in [3.8, 4) is 0 Å². The molecule has 0 saturated carbocycles. The number of sulfonamides is 1. The summed E-state index contributed by atoms with van der Waals surface area (Å²) in [5.74, 6) is -0.884. The largest absolute Gasteiger partial charge is 0.352 e. The van der Waals surface area contributed by atoms with E-state index >= 15 is 0 Å². The molecular formula is C29H33Cl2N3O4S. The van der Waals surface area contributed by atoms with Gasteiger partial charge in [-0.2, -0.15) is 0 Å². The van der Waals surface area contributed by atoms with Crippen LogP contribution in [-0.2, 0) is 26.2 Å². The van der Waals surface area contributed by atoms with Crippen LogP contribution in [0.1, 0.15) is 38.3 Å². The molecule has 2 amide bonds. The minimum Gasteiger partial charge on any atom is -0.352 e. The van der Waals surface area contributed by atoms with Crippen LogP contribution in [0.15, 0.2) is 77.7 Å². The van der Waals surface area contributed by atoms with E-state index in [0.717, 1.165) is 21.9 Å². The lowest BCUT2D eigenvalue weighted by Crippen LogP contribution is -2.52. The van der Waals surface area contributed by atoms with Crippen LogP contribution >= 0.6 is 23.2 Å². The zero-order chi connectivity index (χ0) is 28.7. The maximum Gasteiger partial charge on any atom is 0.264 e. The Labute approximate surface area is 240 Å². The van der Waals surface area contributed by atoms with Gasteiger partial charge in [-0.15, -0.1) is 0 Å². The van der Waals surface area contributed by atoms with Gasteiger partial charge in [0.05, 0.1) is 10.6 Å². The van der Waals surface area contributed by atoms with Crippen LogP contribution in [-0.4, -0.2) is 43.8 Å². The SMILES string of the molecule is CC[C@@H](C)NC(=O)[C@@H](C)N(Cc1ccccc1)C(=O)CN(c1cc(Cl)cc(Cl)c1)S(=O)(=O)c1ccc(C)cc1. The third-order valence-corrected chi connectivity index (χ3v) is 8.61. The van der Waals surface area contributed by atoms with Gasteiger partial charge in [-0.05, 0) is 63.1 Å². The fourth-order valence-electron chi connectivity index (χ4n) is 3.88. The second-order valence-electron chi connectivity index (χ2n) is 9.45. The summed E-state index contributed by atoms with van der Waals surface area (Å²) in [4.78, 5) is 28.4. The Morgan fingerprint density at radius 1 is 0.923 bits per heavy atom. The van der Waals surface area contributed by atoms with Crippen molar-refractivity contribution in [1.82, 2.24) is 10.2 Å². The number of carbonyl (C=O) groups is 2. The van der Waals surface area contributed by atoms with E-state index < -0.39 is 28.5 Å². The second-order valence-corrected chi connectivity index (χ2v) is 12.2. The summed E-state index contributed by atoms with van der Waals surface area (Å²) in [7, 11) is -4.21. The van der Waals surface area contributed by atoms with Crippen molar-refractivity contribution in [1.29, 1.82) is 0 Å². The van der Waals surface area contributed by atoms with E-state index in [1.165, 1.54) is 35.2 Å². The molecule has 10 heteroatoms. The molecule has 2 atom stereocenters. The number of benzene rings is 3. The van der Waals surface area contributed by atoms with E-state index in [4.69, 9.17) is 23.2 Å². The summed E-state index contributed by atoms with van der Waals surface area (Å²) in [6.07, 6.45) is 0.725. The van der Waals surface area contributed by atoms with Crippen molar-refractivity contribution in [3.05, 3.63) is 94.0 Å². The van der Waals surface area contributed by atoms with Crippen LogP contribution in [0.2, 0.25) is 10.0 Å². The quantitative estimate of drug-likeness (QED) is 0.305. The van der Waals surface area contributed by atoms with Crippen LogP contribution in [0.4, 0.5) is 5.69 Å². The fraction of sp³-hybridized carbons (Fsp3) is 0.310. The molecule has 0 aliphatic rings. The summed E-state index contributed by atoms with van der Waals surface area (Å²) in [6.45, 7) is 6.86. The maximum atomic E-state index is 13.9. The Bertz CT molecular complexity index is 1380. The number of halogens is 2. The van der Waals surface area contributed by atoms with Gasteiger partial charge in [-0.1, -0.05) is 78.2 Å². The summed E-state index contributed by atoms with van der Waals surface area (Å²) in [6, 6.07) is 19.0. The highest BCUT2D eigenvalue weighted by molar-refractivity contribution is 7.92. The smallest absolute Gasteiger partial charge is 0.264 e. The van der Waals surface area contributed by atoms with Gasteiger partial charge >= 0.3 is 0 Å². The van der Waals surface area contributed by atoms with Crippen LogP contribution in [0, 0.1) is 6.92 Å². The van der Waals surface area contributed by atoms with Gasteiger partial charge in [0.2, 0.25) is 11.8 Å². The molecule has 0 fully saturated rings. The van der Waals surface area contributed by atoms with E-state index in [1.54, 1.807) is 19.1 Å². The average Bonchev–Trinajstić information content (AvgIpc) is 2.89. The summed E-state index contributed by atoms with van der Waals surface area (Å²) in [5.41, 5.74) is 1.82. The summed E-state index contributed by atoms with van der Waals surface area (Å²) < 4.78 is 28.7. The predicted molar refractivity (Wildman–Crippen MR) is 157 cm³/mol. The maximum absolute atomic E-state index is 13.9. The number of nitrogens with one attached hydrogen (secondary N) is 1. The first-order chi connectivity index (χ1) is 18.4. The number of anilines is 1. The Morgan fingerprint density at radius 2 is 1.51 bits per heavy atom. The van der Waals surface area contributed by atoms with Gasteiger partial charge in [0.25, 0.3) is 10.0 Å². The number of aryl methyl sites for hydroxylation is 1. The van der Waals surface area contributed by atoms with E-state index in [9.17, 15) is 18.0 Å². The Balaban J connectivity index is 2.04. The van der Waals surface area contributed by atoms with Crippen molar-refractivity contribution in [2.75, 3.05) is 10.8 Å². The number of rotatable bonds is 11. The van der Waals surface area contributed by atoms with E-state index in [0.29, 0.717) is 0 Å². The van der Waals surface area contributed by atoms with Crippen molar-refractivity contribution < 1.29 is 18.0 Å². The number of hydrogen-bond donors (Lipinski definition) is 1. The van der Waals surface area contributed by atoms with Gasteiger partial charge in [0.15, 0.2) is 0 Å². The van der Waals surface area contributed by atoms with Crippen molar-refractivity contribution >= 4 is 50.7 Å². The summed E-state index contributed by atoms with van der Waals surface area (Å²) >= 11 is 12.4. The summed E-state index contributed by atoms with van der Waals surface area (Å²) in [5, 5.41) is 3.35. The van der Waals surface area contributed by atoms with Crippen molar-refractivity contribution in [2.45, 2.75) is 57.6 Å². The third-order valence-electron chi connectivity index (χ3n) is 6.39. The second kappa shape index (κ2) is 13.3. The van der Waals surface area contributed by atoms with E-state index in [2.05, 4.69) is 5.32 Å². The molecule has 0 spiro atoms. The number of hydrogen-bond acceptors (Lipinski definition) is 4. The molecule has 0 radical (unpaired) electrons. The highest BCUT2D eigenvalue weighted by Crippen LogP contribution is 2.30. The molecule has 0 aliphatic heterocycles. The predicted octanol–water partition coefficient (Wildman–Crippen LogP) is 5.83. The fourth-order valence-corrected chi connectivity index (χ4v) is 5.79. The first-order valence-electron chi connectivity index (χ1n) is 12.6. The molecular weight excluding hydrogens is 557 g/mol. The molecule has 1 N–H and O–H groups in total. The van der Waals surface area contributed by atoms with Gasteiger partial charge in [-0.25, -0.2) is 8.42 Å². The lowest BCUT2D eigenvalue weighted by molar-refractivity contribution is -0.139. The van der Waals surface area contributed by atoms with E-state index in [1.807, 2.05) is 51.1 Å². The first kappa shape index (κ1) is 30.5. The average molecular weight is 591 g/mol. The van der Waals surface area contributed by atoms with Gasteiger partial charge in [-0.3, -0.25) is 13.9 Å². The molecule has 0 bridgehead atoms. The van der Waals surface area contributed by atoms with Gasteiger partial charge in [0.1, 0.15) is 12.6 Å². The standard InChI is InChI=1S/C29H33Cl2N3O4S/c1-5-21(3)32-29(36)22(4)33(18-23-9-7-6-8-10-23)28(35)19-34(26-16-24(30)15-25(31)17-26)39(37,38)27-13-11-20(2)12-14-27/h6-17,21-22H,5,18-19H2,1-4H3,(H,32,36)/t21-,22-/m1/s1. The zero-order valence-electron chi connectivity index (χ0n) is 22.4. The van der Waals surface area contributed by atoms with Crippen LogP contribution in [0.5, 0.6) is 0 Å². The molecule has 39 heavy (non-hydrogen) atoms. The monoisotopic (exact) mass is 589 g/mol. The molecule has 0 heterocycles. The minimum atomic E-state index is -4.21. The number of carbonyl (C=O) groups excluding carboxylic acids is 2. The highest BCUT2D eigenvalue weighted by atomic mass is 35.5. The van der Waals surface area contributed by atoms with Gasteiger partial charge in [0, 0.05) is 22.6 Å². The van der Waals surface area contributed by atoms with Crippen molar-refractivity contribution in [2.24, 2.45) is 0 Å². The Kier molecular flexibility index (Phi) is 10.4. The zero-order valence-corrected chi connectivity index (χ0v) is 24.7. The number of amides is 2. The molecule has 0 unspecified atom stereocenters. The molecule has 0 saturated heterocycles. The lowest BCUT2D eigenvalue weighted by atomic mass is 10.1. The topological polar surface area (TPSA) is 86.8 Å². The van der Waals surface area contributed by atoms with Crippen LogP contribution in [0.3, 0.4) is 0 Å². The molecule has 0 aliphatic carbocycles. The third kappa shape index (κ3) is 7.97. The Morgan fingerprint density at radius 3 is 2.08 bits per heavy atom. The highest BCUT2D eigenvalue weighted by Gasteiger charge is 2.33. The lowest BCUT2D eigenvalue weighted by Gasteiger charge is -2.32. The van der Waals surface area contributed by atoms with Crippen LogP contribution < -0.4 is 9.62 Å². The molecule has 0 aromatic heterocycles. The number of nitrogens with zero attached hydrogens (tertiary/aromatic N) is 2. The van der Waals surface area contributed by atoms with E-state index in [-0.39, 0.29) is 39.1 Å². The first-order valence-corrected chi connectivity index (χ1v) is 14.8. The molecule has 3 aromatic rings. The molecule has 208 valence electrons. The van der Waals surface area contributed by atoms with Crippen molar-refractivity contribution in [3.63, 3.8) is 0 Å². The minimum absolute atomic E-state index is 0.00849. The normalized spacial score (nSPS) is 12.9. The van der Waals surface area contributed by atoms with Crippen LogP contribution in [0.25, 0.3) is 0 Å². The molecule has 3 rings (SSSR count).